The number of hydrogen-bond donors (Lipinski definition) is 1. The lowest BCUT2D eigenvalue weighted by molar-refractivity contribution is 0.154. The van der Waals surface area contributed by atoms with Gasteiger partial charge in [0, 0.05) is 14.7 Å². The first-order chi connectivity index (χ1) is 6.74. The Balaban J connectivity index is 2.57. The molecule has 0 radical (unpaired) electrons. The van der Waals surface area contributed by atoms with E-state index in [2.05, 4.69) is 22.6 Å². The van der Waals surface area contributed by atoms with E-state index < -0.39 is 0 Å². The number of halogens is 1. The maximum absolute atomic E-state index is 9.90. The summed E-state index contributed by atoms with van der Waals surface area (Å²) in [5, 5.41) is 9.90. The monoisotopic (exact) mass is 304 g/mol. The summed E-state index contributed by atoms with van der Waals surface area (Å²) < 4.78 is 6.45. The van der Waals surface area contributed by atoms with Gasteiger partial charge < -0.3 is 9.84 Å². The number of aliphatic hydroxyl groups is 1. The summed E-state index contributed by atoms with van der Waals surface area (Å²) in [6.45, 7) is 0. The highest BCUT2D eigenvalue weighted by Crippen LogP contribution is 2.37. The fraction of sp³-hybridized carbons (Fsp3) is 0.455. The molecule has 0 aliphatic heterocycles. The van der Waals surface area contributed by atoms with Crippen LogP contribution in [0.3, 0.4) is 0 Å². The molecule has 76 valence electrons. The summed E-state index contributed by atoms with van der Waals surface area (Å²) in [5.74, 6) is 0.916. The summed E-state index contributed by atoms with van der Waals surface area (Å²) >= 11 is 2.28. The van der Waals surface area contributed by atoms with Crippen LogP contribution in [0.25, 0.3) is 0 Å². The second kappa shape index (κ2) is 4.06. The van der Waals surface area contributed by atoms with Crippen LogP contribution in [0.4, 0.5) is 0 Å². The third kappa shape index (κ3) is 1.63. The normalized spacial score (nSPS) is 20.4. The van der Waals surface area contributed by atoms with Crippen molar-refractivity contribution in [2.75, 3.05) is 7.11 Å². The van der Waals surface area contributed by atoms with E-state index in [4.69, 9.17) is 4.74 Å². The number of hydrogen-bond acceptors (Lipinski definition) is 2. The molecular weight excluding hydrogens is 291 g/mol. The van der Waals surface area contributed by atoms with Gasteiger partial charge in [0.15, 0.2) is 0 Å². The van der Waals surface area contributed by atoms with Crippen LogP contribution in [-0.2, 0) is 6.42 Å². The predicted octanol–water partition coefficient (Wildman–Crippen LogP) is 2.67. The van der Waals surface area contributed by atoms with Crippen LogP contribution in [0.1, 0.15) is 30.1 Å². The van der Waals surface area contributed by atoms with Gasteiger partial charge in [-0.05, 0) is 54.0 Å². The third-order valence-electron chi connectivity index (χ3n) is 2.72. The van der Waals surface area contributed by atoms with E-state index in [1.807, 2.05) is 12.1 Å². The molecule has 0 saturated carbocycles. The Morgan fingerprint density at radius 3 is 3.00 bits per heavy atom. The molecule has 0 fully saturated rings. The van der Waals surface area contributed by atoms with E-state index in [1.54, 1.807) is 7.11 Å². The fourth-order valence-corrected chi connectivity index (χ4v) is 2.91. The minimum Gasteiger partial charge on any atom is -0.496 e. The van der Waals surface area contributed by atoms with E-state index in [0.29, 0.717) is 0 Å². The average Bonchev–Trinajstić information content (AvgIpc) is 2.18. The number of ether oxygens (including phenoxy) is 1. The molecule has 0 spiro atoms. The lowest BCUT2D eigenvalue weighted by Gasteiger charge is -2.24. The van der Waals surface area contributed by atoms with Gasteiger partial charge >= 0.3 is 0 Å². The first-order valence-corrected chi connectivity index (χ1v) is 5.85. The van der Waals surface area contributed by atoms with Crippen LogP contribution in [0.5, 0.6) is 5.75 Å². The molecule has 1 aromatic rings. The quantitative estimate of drug-likeness (QED) is 0.808. The van der Waals surface area contributed by atoms with Gasteiger partial charge in [-0.3, -0.25) is 0 Å². The Kier molecular flexibility index (Phi) is 2.97. The Labute approximate surface area is 97.4 Å². The Hall–Kier alpha value is -0.290. The van der Waals surface area contributed by atoms with E-state index in [0.717, 1.165) is 34.1 Å². The zero-order chi connectivity index (χ0) is 10.1. The van der Waals surface area contributed by atoms with Crippen molar-refractivity contribution in [2.24, 2.45) is 0 Å². The largest absolute Gasteiger partial charge is 0.496 e. The van der Waals surface area contributed by atoms with Gasteiger partial charge in [0.25, 0.3) is 0 Å². The maximum atomic E-state index is 9.90. The van der Waals surface area contributed by atoms with Crippen LogP contribution in [-0.4, -0.2) is 12.2 Å². The van der Waals surface area contributed by atoms with Gasteiger partial charge in [0.2, 0.25) is 0 Å². The minimum absolute atomic E-state index is 0.305. The molecule has 2 rings (SSSR count). The molecule has 0 aromatic heterocycles. The smallest absolute Gasteiger partial charge is 0.122 e. The van der Waals surface area contributed by atoms with Crippen molar-refractivity contribution in [1.29, 1.82) is 0 Å². The Morgan fingerprint density at radius 1 is 1.50 bits per heavy atom. The molecule has 1 N–H and O–H groups in total. The van der Waals surface area contributed by atoms with E-state index in [9.17, 15) is 5.11 Å². The Morgan fingerprint density at radius 2 is 2.29 bits per heavy atom. The van der Waals surface area contributed by atoms with Crippen LogP contribution in [0.2, 0.25) is 0 Å². The number of aliphatic hydroxyl groups excluding tert-OH is 1. The van der Waals surface area contributed by atoms with Gasteiger partial charge in [-0.15, -0.1) is 0 Å². The molecule has 1 aliphatic rings. The average molecular weight is 304 g/mol. The van der Waals surface area contributed by atoms with Crippen LogP contribution >= 0.6 is 22.6 Å². The van der Waals surface area contributed by atoms with Gasteiger partial charge in [-0.2, -0.15) is 0 Å². The molecule has 1 aliphatic carbocycles. The Bertz CT molecular complexity index is 349. The fourth-order valence-electron chi connectivity index (χ4n) is 2.04. The van der Waals surface area contributed by atoms with Gasteiger partial charge in [-0.25, -0.2) is 0 Å². The van der Waals surface area contributed by atoms with Crippen LogP contribution in [0, 0.1) is 3.57 Å². The second-order valence-corrected chi connectivity index (χ2v) is 4.71. The molecule has 14 heavy (non-hydrogen) atoms. The molecule has 2 nitrogen and oxygen atoms in total. The first-order valence-electron chi connectivity index (χ1n) is 4.77. The van der Waals surface area contributed by atoms with Crippen LogP contribution in [0.15, 0.2) is 12.1 Å². The molecule has 3 heteroatoms. The van der Waals surface area contributed by atoms with Crippen molar-refractivity contribution >= 4 is 22.6 Å². The van der Waals surface area contributed by atoms with Crippen molar-refractivity contribution in [3.8, 4) is 5.75 Å². The highest BCUT2D eigenvalue weighted by Gasteiger charge is 2.23. The van der Waals surface area contributed by atoms with Gasteiger partial charge in [0.1, 0.15) is 5.75 Å². The van der Waals surface area contributed by atoms with Crippen molar-refractivity contribution in [3.63, 3.8) is 0 Å². The highest BCUT2D eigenvalue weighted by atomic mass is 127. The summed E-state index contributed by atoms with van der Waals surface area (Å²) in [4.78, 5) is 0. The van der Waals surface area contributed by atoms with Gasteiger partial charge in [-0.1, -0.05) is 0 Å². The second-order valence-electron chi connectivity index (χ2n) is 3.55. The minimum atomic E-state index is -0.305. The van der Waals surface area contributed by atoms with Gasteiger partial charge in [0.05, 0.1) is 13.2 Å². The van der Waals surface area contributed by atoms with E-state index >= 15 is 0 Å². The zero-order valence-electron chi connectivity index (χ0n) is 8.09. The molecular formula is C11H13IO2. The van der Waals surface area contributed by atoms with Crippen molar-refractivity contribution in [1.82, 2.24) is 0 Å². The molecule has 1 atom stereocenters. The molecule has 0 heterocycles. The maximum Gasteiger partial charge on any atom is 0.122 e. The van der Waals surface area contributed by atoms with Crippen LogP contribution < -0.4 is 4.74 Å². The summed E-state index contributed by atoms with van der Waals surface area (Å²) in [6, 6.07) is 3.99. The summed E-state index contributed by atoms with van der Waals surface area (Å²) in [5.41, 5.74) is 2.27. The topological polar surface area (TPSA) is 29.5 Å². The van der Waals surface area contributed by atoms with Crippen molar-refractivity contribution in [3.05, 3.63) is 26.8 Å². The zero-order valence-corrected chi connectivity index (χ0v) is 10.2. The SMILES string of the molecule is COc1ccc(I)c2c1CCC[C@H]2O. The lowest BCUT2D eigenvalue weighted by atomic mass is 9.89. The number of rotatable bonds is 1. The standard InChI is InChI=1S/C11H13IO2/c1-14-10-6-5-8(12)11-7(10)3-2-4-9(11)13/h5-6,9,13H,2-4H2,1H3/t9-/m1/s1. The van der Waals surface area contributed by atoms with Crippen molar-refractivity contribution < 1.29 is 9.84 Å². The van der Waals surface area contributed by atoms with E-state index in [-0.39, 0.29) is 6.10 Å². The van der Waals surface area contributed by atoms with Crippen molar-refractivity contribution in [2.45, 2.75) is 25.4 Å². The summed E-state index contributed by atoms with van der Waals surface area (Å²) in [6.07, 6.45) is 2.63. The van der Waals surface area contributed by atoms with E-state index in [1.165, 1.54) is 5.56 Å². The predicted molar refractivity (Wildman–Crippen MR) is 63.6 cm³/mol. The summed E-state index contributed by atoms with van der Waals surface area (Å²) in [7, 11) is 1.68. The molecule has 0 saturated heterocycles. The molecule has 0 unspecified atom stereocenters. The molecule has 1 aromatic carbocycles. The molecule has 0 bridgehead atoms. The first kappa shape index (κ1) is 10.2. The lowest BCUT2D eigenvalue weighted by Crippen LogP contribution is -2.12. The number of fused-ring (bicyclic) bond motifs is 1. The number of methoxy groups -OCH3 is 1. The third-order valence-corrected chi connectivity index (χ3v) is 3.66. The molecule has 0 amide bonds. The number of benzene rings is 1. The highest BCUT2D eigenvalue weighted by molar-refractivity contribution is 14.1.